The summed E-state index contributed by atoms with van der Waals surface area (Å²) in [6, 6.07) is 16.6. The molecule has 0 radical (unpaired) electrons. The number of carboxylic acid groups (broad SMARTS) is 1. The van der Waals surface area contributed by atoms with Crippen LogP contribution in [0.1, 0.15) is 49.6 Å². The molecule has 0 bridgehead atoms. The van der Waals surface area contributed by atoms with Crippen LogP contribution in [0, 0.1) is 27.7 Å². The Morgan fingerprint density at radius 1 is 0.929 bits per heavy atom. The highest BCUT2D eigenvalue weighted by Crippen LogP contribution is 2.24. The van der Waals surface area contributed by atoms with Crippen molar-refractivity contribution in [2.75, 3.05) is 0 Å². The first kappa shape index (κ1) is 19.9. The maximum Gasteiger partial charge on any atom is 0.337 e. The second-order valence-electron chi connectivity index (χ2n) is 7.43. The average Bonchev–Trinajstić information content (AvgIpc) is 2.89. The Morgan fingerprint density at radius 2 is 1.61 bits per heavy atom. The van der Waals surface area contributed by atoms with Gasteiger partial charge in [-0.15, -0.1) is 0 Å². The Kier molecular flexibility index (Phi) is 6.00. The van der Waals surface area contributed by atoms with Crippen LogP contribution in [0.5, 0.6) is 0 Å². The third-order valence-corrected chi connectivity index (χ3v) is 5.47. The molecule has 146 valence electrons. The first-order chi connectivity index (χ1) is 13.4. The van der Waals surface area contributed by atoms with Crippen LogP contribution in [-0.2, 0) is 19.6 Å². The van der Waals surface area contributed by atoms with Crippen molar-refractivity contribution in [3.05, 3.63) is 93.3 Å². The van der Waals surface area contributed by atoms with E-state index in [9.17, 15) is 9.90 Å². The number of benzene rings is 2. The number of nitrogens with zero attached hydrogens (tertiary/aromatic N) is 1. The molecule has 0 fully saturated rings. The smallest absolute Gasteiger partial charge is 0.337 e. The number of aromatic nitrogens is 1. The van der Waals surface area contributed by atoms with Gasteiger partial charge in [-0.2, -0.15) is 0 Å². The minimum Gasteiger partial charge on any atom is -0.478 e. The number of hydrogen-bond acceptors (Lipinski definition) is 2. The Bertz CT molecular complexity index is 985. The Morgan fingerprint density at radius 3 is 2.25 bits per heavy atom. The van der Waals surface area contributed by atoms with E-state index in [2.05, 4.69) is 60.1 Å². The van der Waals surface area contributed by atoms with Gasteiger partial charge >= 0.3 is 5.97 Å². The van der Waals surface area contributed by atoms with E-state index < -0.39 is 5.97 Å². The molecule has 1 heterocycles. The first-order valence-corrected chi connectivity index (χ1v) is 9.61. The predicted molar refractivity (Wildman–Crippen MR) is 113 cm³/mol. The number of aromatic carboxylic acids is 1. The summed E-state index contributed by atoms with van der Waals surface area (Å²) < 4.78 is 2.12. The molecule has 0 aliphatic rings. The van der Waals surface area contributed by atoms with Gasteiger partial charge in [0.25, 0.3) is 0 Å². The van der Waals surface area contributed by atoms with Crippen molar-refractivity contribution >= 4 is 5.97 Å². The highest BCUT2D eigenvalue weighted by atomic mass is 16.4. The van der Waals surface area contributed by atoms with Gasteiger partial charge in [0.1, 0.15) is 0 Å². The van der Waals surface area contributed by atoms with Crippen LogP contribution >= 0.6 is 0 Å². The van der Waals surface area contributed by atoms with Crippen LogP contribution in [0.4, 0.5) is 0 Å². The van der Waals surface area contributed by atoms with Crippen molar-refractivity contribution in [3.8, 4) is 0 Å². The first-order valence-electron chi connectivity index (χ1n) is 9.61. The topological polar surface area (TPSA) is 54.3 Å². The maximum absolute atomic E-state index is 12.0. The third-order valence-electron chi connectivity index (χ3n) is 5.47. The lowest BCUT2D eigenvalue weighted by molar-refractivity contribution is 0.0694. The van der Waals surface area contributed by atoms with Gasteiger partial charge in [0.2, 0.25) is 0 Å². The molecule has 2 aromatic carbocycles. The normalized spacial score (nSPS) is 11.0. The maximum atomic E-state index is 12.0. The van der Waals surface area contributed by atoms with Gasteiger partial charge in [-0.25, -0.2) is 4.79 Å². The van der Waals surface area contributed by atoms with Crippen molar-refractivity contribution in [3.63, 3.8) is 0 Å². The zero-order valence-electron chi connectivity index (χ0n) is 17.0. The summed E-state index contributed by atoms with van der Waals surface area (Å²) in [6.07, 6.45) is 0. The zero-order chi connectivity index (χ0) is 20.3. The second kappa shape index (κ2) is 8.44. The van der Waals surface area contributed by atoms with E-state index in [4.69, 9.17) is 0 Å². The minimum absolute atomic E-state index is 0.419. The molecule has 4 heteroatoms. The molecular formula is C24H28N2O2. The van der Waals surface area contributed by atoms with Crippen molar-refractivity contribution in [1.29, 1.82) is 0 Å². The van der Waals surface area contributed by atoms with E-state index in [1.165, 1.54) is 22.3 Å². The van der Waals surface area contributed by atoms with Gasteiger partial charge in [-0.3, -0.25) is 0 Å². The summed E-state index contributed by atoms with van der Waals surface area (Å²) in [5.41, 5.74) is 7.95. The Labute approximate surface area is 166 Å². The molecule has 4 nitrogen and oxygen atoms in total. The van der Waals surface area contributed by atoms with Crippen LogP contribution in [0.3, 0.4) is 0 Å². The Balaban J connectivity index is 1.84. The number of aryl methyl sites for hydroxylation is 2. The lowest BCUT2D eigenvalue weighted by Gasteiger charge is -2.12. The predicted octanol–water partition coefficient (Wildman–Crippen LogP) is 4.76. The lowest BCUT2D eigenvalue weighted by Crippen LogP contribution is -2.15. The average molecular weight is 377 g/mol. The number of carbonyl (C=O) groups is 1. The molecule has 0 aliphatic heterocycles. The molecule has 1 aromatic heterocycles. The number of nitrogens with one attached hydrogen (secondary N) is 1. The van der Waals surface area contributed by atoms with Gasteiger partial charge in [0.15, 0.2) is 0 Å². The van der Waals surface area contributed by atoms with E-state index >= 15 is 0 Å². The minimum atomic E-state index is -0.865. The number of rotatable bonds is 7. The molecule has 3 rings (SSSR count). The summed E-state index contributed by atoms with van der Waals surface area (Å²) >= 11 is 0. The van der Waals surface area contributed by atoms with Gasteiger partial charge in [0.05, 0.1) is 5.56 Å². The molecule has 0 spiro atoms. The summed E-state index contributed by atoms with van der Waals surface area (Å²) in [7, 11) is 0. The quantitative estimate of drug-likeness (QED) is 0.625. The van der Waals surface area contributed by atoms with Gasteiger partial charge < -0.3 is 15.0 Å². The van der Waals surface area contributed by atoms with E-state index in [0.29, 0.717) is 25.2 Å². The van der Waals surface area contributed by atoms with E-state index in [0.717, 1.165) is 17.0 Å². The largest absolute Gasteiger partial charge is 0.478 e. The molecule has 0 saturated heterocycles. The molecule has 0 saturated carbocycles. The van der Waals surface area contributed by atoms with Crippen LogP contribution in [0.15, 0.2) is 48.5 Å². The van der Waals surface area contributed by atoms with Crippen LogP contribution in [0.25, 0.3) is 0 Å². The molecular weight excluding hydrogens is 348 g/mol. The second-order valence-corrected chi connectivity index (χ2v) is 7.43. The fraction of sp³-hybridized carbons (Fsp3) is 0.292. The van der Waals surface area contributed by atoms with Gasteiger partial charge in [-0.05, 0) is 44.4 Å². The summed E-state index contributed by atoms with van der Waals surface area (Å²) in [5.74, 6) is -0.865. The van der Waals surface area contributed by atoms with Crippen molar-refractivity contribution in [1.82, 2.24) is 9.88 Å². The number of carboxylic acids is 1. The molecule has 0 unspecified atom stereocenters. The molecule has 28 heavy (non-hydrogen) atoms. The number of hydrogen-bond donors (Lipinski definition) is 2. The molecule has 0 aliphatic carbocycles. The standard InChI is InChI=1S/C24H28N2O2/c1-16-9-11-20(12-10-16)13-25-14-22-18(3)26(19(4)23(22)24(27)28)15-21-8-6-5-7-17(21)2/h5-12,25H,13-15H2,1-4H3,(H,27,28). The van der Waals surface area contributed by atoms with Crippen LogP contribution in [0.2, 0.25) is 0 Å². The van der Waals surface area contributed by atoms with Crippen molar-refractivity contribution < 1.29 is 9.90 Å². The monoisotopic (exact) mass is 376 g/mol. The fourth-order valence-electron chi connectivity index (χ4n) is 3.68. The Hall–Kier alpha value is -2.85. The van der Waals surface area contributed by atoms with E-state index in [-0.39, 0.29) is 0 Å². The summed E-state index contributed by atoms with van der Waals surface area (Å²) in [5, 5.41) is 13.2. The summed E-state index contributed by atoms with van der Waals surface area (Å²) in [6.45, 7) is 10.00. The molecule has 2 N–H and O–H groups in total. The highest BCUT2D eigenvalue weighted by molar-refractivity contribution is 5.91. The van der Waals surface area contributed by atoms with Crippen LogP contribution < -0.4 is 5.32 Å². The van der Waals surface area contributed by atoms with Gasteiger partial charge in [-0.1, -0.05) is 54.1 Å². The van der Waals surface area contributed by atoms with Crippen molar-refractivity contribution in [2.45, 2.75) is 47.3 Å². The fourth-order valence-corrected chi connectivity index (χ4v) is 3.68. The lowest BCUT2D eigenvalue weighted by atomic mass is 10.1. The molecule has 0 atom stereocenters. The summed E-state index contributed by atoms with van der Waals surface area (Å²) in [4.78, 5) is 12.0. The molecule has 3 aromatic rings. The zero-order valence-corrected chi connectivity index (χ0v) is 17.0. The van der Waals surface area contributed by atoms with Gasteiger partial charge in [0, 0.05) is 36.6 Å². The highest BCUT2D eigenvalue weighted by Gasteiger charge is 2.22. The van der Waals surface area contributed by atoms with E-state index in [1.807, 2.05) is 26.0 Å². The van der Waals surface area contributed by atoms with E-state index in [1.54, 1.807) is 0 Å². The third kappa shape index (κ3) is 4.18. The van der Waals surface area contributed by atoms with Crippen LogP contribution in [-0.4, -0.2) is 15.6 Å². The molecule has 0 amide bonds. The SMILES string of the molecule is Cc1ccc(CNCc2c(C(=O)O)c(C)n(Cc3ccccc3C)c2C)cc1. The van der Waals surface area contributed by atoms with Crippen molar-refractivity contribution in [2.24, 2.45) is 0 Å².